The first-order chi connectivity index (χ1) is 27.5. The number of hydrogen-bond donors (Lipinski definition) is 0. The summed E-state index contributed by atoms with van der Waals surface area (Å²) in [6, 6.07) is 6.52. The van der Waals surface area contributed by atoms with Gasteiger partial charge in [-0.25, -0.2) is 8.42 Å². The molecule has 0 radical (unpaired) electrons. The molecule has 1 rings (SSSR count). The molecule has 0 aliphatic carbocycles. The monoisotopic (exact) mass is 841 g/mol. The summed E-state index contributed by atoms with van der Waals surface area (Å²) in [6.07, 6.45) is 63.9. The molecule has 0 unspecified atom stereocenters. The SMILES string of the molecule is CCCCCCCCCCCCCCCCCCCCCCCCCCCCCCCCCCCCCCCCCCCCCCc1cccc(S(=O)(=O)[O-])c1.[K+]. The van der Waals surface area contributed by atoms with Gasteiger partial charge in [-0.2, -0.15) is 0 Å². The first kappa shape index (κ1) is 57.8. The van der Waals surface area contributed by atoms with Crippen LogP contribution in [-0.2, 0) is 16.5 Å². The topological polar surface area (TPSA) is 57.2 Å². The fraction of sp³-hybridized carbons (Fsp3) is 0.885. The minimum Gasteiger partial charge on any atom is -0.744 e. The first-order valence-electron chi connectivity index (χ1n) is 25.6. The molecular formula is C52H97KO3S. The third kappa shape index (κ3) is 43.2. The van der Waals surface area contributed by atoms with Gasteiger partial charge < -0.3 is 4.55 Å². The van der Waals surface area contributed by atoms with E-state index in [0.717, 1.165) is 18.4 Å². The fourth-order valence-electron chi connectivity index (χ4n) is 8.68. The number of unbranched alkanes of at least 4 members (excludes halogenated alkanes) is 43. The van der Waals surface area contributed by atoms with Crippen molar-refractivity contribution in [2.45, 2.75) is 301 Å². The van der Waals surface area contributed by atoms with Crippen LogP contribution in [0.5, 0.6) is 0 Å². The van der Waals surface area contributed by atoms with Crippen molar-refractivity contribution in [3.63, 3.8) is 0 Å². The van der Waals surface area contributed by atoms with Gasteiger partial charge in [0, 0.05) is 0 Å². The number of benzene rings is 1. The molecule has 57 heavy (non-hydrogen) atoms. The molecule has 0 saturated heterocycles. The van der Waals surface area contributed by atoms with Crippen molar-refractivity contribution in [2.24, 2.45) is 0 Å². The van der Waals surface area contributed by atoms with Gasteiger partial charge in [0.15, 0.2) is 0 Å². The summed E-state index contributed by atoms with van der Waals surface area (Å²) in [7, 11) is -4.35. The van der Waals surface area contributed by atoms with E-state index in [4.69, 9.17) is 0 Å². The molecule has 0 fully saturated rings. The molecule has 0 aliphatic heterocycles. The van der Waals surface area contributed by atoms with Crippen LogP contribution in [0.15, 0.2) is 29.2 Å². The van der Waals surface area contributed by atoms with Crippen LogP contribution >= 0.6 is 0 Å². The van der Waals surface area contributed by atoms with Crippen molar-refractivity contribution < 1.29 is 64.4 Å². The predicted molar refractivity (Wildman–Crippen MR) is 247 cm³/mol. The summed E-state index contributed by atoms with van der Waals surface area (Å²) in [5.74, 6) is 0. The molecule has 5 heteroatoms. The molecular weight excluding hydrogens is 744 g/mol. The van der Waals surface area contributed by atoms with Gasteiger partial charge in [-0.3, -0.25) is 0 Å². The third-order valence-corrected chi connectivity index (χ3v) is 13.3. The van der Waals surface area contributed by atoms with Crippen LogP contribution in [0.3, 0.4) is 0 Å². The quantitative estimate of drug-likeness (QED) is 0.0373. The zero-order valence-electron chi connectivity index (χ0n) is 38.8. The molecule has 0 atom stereocenters. The van der Waals surface area contributed by atoms with Gasteiger partial charge in [-0.05, 0) is 30.5 Å². The molecule has 0 spiro atoms. The Hall–Kier alpha value is 0.766. The summed E-state index contributed by atoms with van der Waals surface area (Å²) in [5.41, 5.74) is 0.953. The maximum Gasteiger partial charge on any atom is 1.00 e. The summed E-state index contributed by atoms with van der Waals surface area (Å²) in [5, 5.41) is 0. The molecule has 0 aromatic heterocycles. The van der Waals surface area contributed by atoms with Crippen LogP contribution in [0.2, 0.25) is 0 Å². The average molecular weight is 842 g/mol. The fourth-order valence-corrected chi connectivity index (χ4v) is 9.22. The predicted octanol–water partition coefficient (Wildman–Crippen LogP) is 15.3. The van der Waals surface area contributed by atoms with Gasteiger partial charge >= 0.3 is 51.4 Å². The van der Waals surface area contributed by atoms with E-state index in [1.165, 1.54) is 288 Å². The van der Waals surface area contributed by atoms with Gasteiger partial charge in [-0.1, -0.05) is 295 Å². The van der Waals surface area contributed by atoms with Crippen molar-refractivity contribution in [1.29, 1.82) is 0 Å². The van der Waals surface area contributed by atoms with Crippen LogP contribution in [0, 0.1) is 0 Å². The Morgan fingerprint density at radius 3 is 0.772 bits per heavy atom. The standard InChI is InChI=1S/C52H98O3S.K/c1-2-3-4-5-6-7-8-9-10-11-12-13-14-15-16-17-18-19-20-21-22-23-24-25-26-27-28-29-30-31-32-33-34-35-36-37-38-39-40-41-42-43-44-45-47-51-48-46-49-52(50-51)56(53,54)55;/h46,48-50H,2-45,47H2,1H3,(H,53,54,55);/q;+1/p-1. The zero-order valence-corrected chi connectivity index (χ0v) is 42.7. The van der Waals surface area contributed by atoms with E-state index in [9.17, 15) is 13.0 Å². The second-order valence-corrected chi connectivity index (χ2v) is 19.4. The van der Waals surface area contributed by atoms with Crippen LogP contribution in [0.1, 0.15) is 295 Å². The zero-order chi connectivity index (χ0) is 40.3. The minimum absolute atomic E-state index is 0. The molecule has 0 heterocycles. The minimum atomic E-state index is -4.35. The molecule has 0 saturated carbocycles. The third-order valence-electron chi connectivity index (χ3n) is 12.5. The summed E-state index contributed by atoms with van der Waals surface area (Å²) in [4.78, 5) is -0.104. The Morgan fingerprint density at radius 1 is 0.351 bits per heavy atom. The molecule has 0 N–H and O–H groups in total. The van der Waals surface area contributed by atoms with Gasteiger partial charge in [0.2, 0.25) is 0 Å². The normalized spacial score (nSPS) is 11.7. The van der Waals surface area contributed by atoms with Gasteiger partial charge in [0.25, 0.3) is 0 Å². The second-order valence-electron chi connectivity index (χ2n) is 18.1. The average Bonchev–Trinajstić information content (AvgIpc) is 3.19. The van der Waals surface area contributed by atoms with E-state index in [0.29, 0.717) is 0 Å². The van der Waals surface area contributed by atoms with Crippen LogP contribution in [0.25, 0.3) is 0 Å². The molecule has 0 aliphatic rings. The van der Waals surface area contributed by atoms with E-state index in [2.05, 4.69) is 6.92 Å². The van der Waals surface area contributed by atoms with E-state index in [1.54, 1.807) is 6.07 Å². The number of hydrogen-bond acceptors (Lipinski definition) is 3. The Balaban J connectivity index is 0.0000314. The summed E-state index contributed by atoms with van der Waals surface area (Å²) in [6.45, 7) is 2.31. The molecule has 3 nitrogen and oxygen atoms in total. The van der Waals surface area contributed by atoms with Crippen molar-refractivity contribution in [3.8, 4) is 0 Å². The molecule has 330 valence electrons. The Morgan fingerprint density at radius 2 is 0.561 bits per heavy atom. The van der Waals surface area contributed by atoms with Crippen LogP contribution < -0.4 is 51.4 Å². The van der Waals surface area contributed by atoms with Crippen LogP contribution in [-0.4, -0.2) is 13.0 Å². The smallest absolute Gasteiger partial charge is 0.744 e. The number of rotatable bonds is 46. The Kier molecular flexibility index (Phi) is 46.9. The maximum absolute atomic E-state index is 11.2. The van der Waals surface area contributed by atoms with Crippen molar-refractivity contribution in [1.82, 2.24) is 0 Å². The van der Waals surface area contributed by atoms with Crippen molar-refractivity contribution in [3.05, 3.63) is 29.8 Å². The molecule has 1 aromatic carbocycles. The van der Waals surface area contributed by atoms with E-state index < -0.39 is 10.1 Å². The number of aryl methyl sites for hydroxylation is 1. The van der Waals surface area contributed by atoms with Crippen molar-refractivity contribution in [2.75, 3.05) is 0 Å². The first-order valence-corrected chi connectivity index (χ1v) is 27.0. The van der Waals surface area contributed by atoms with Crippen LogP contribution in [0.4, 0.5) is 0 Å². The Bertz CT molecular complexity index is 1030. The van der Waals surface area contributed by atoms with E-state index >= 15 is 0 Å². The Labute approximate surface area is 401 Å². The summed E-state index contributed by atoms with van der Waals surface area (Å²) < 4.78 is 33.5. The van der Waals surface area contributed by atoms with Gasteiger partial charge in [0.1, 0.15) is 10.1 Å². The molecule has 0 bridgehead atoms. The maximum atomic E-state index is 11.2. The van der Waals surface area contributed by atoms with Crippen molar-refractivity contribution >= 4 is 10.1 Å². The van der Waals surface area contributed by atoms with Gasteiger partial charge in [-0.15, -0.1) is 0 Å². The van der Waals surface area contributed by atoms with E-state index in [1.807, 2.05) is 6.07 Å². The van der Waals surface area contributed by atoms with E-state index in [-0.39, 0.29) is 56.3 Å². The molecule has 0 amide bonds. The molecule has 1 aromatic rings. The largest absolute Gasteiger partial charge is 1.00 e. The second kappa shape index (κ2) is 46.3. The summed E-state index contributed by atoms with van der Waals surface area (Å²) >= 11 is 0. The van der Waals surface area contributed by atoms with Gasteiger partial charge in [0.05, 0.1) is 4.90 Å².